The van der Waals surface area contributed by atoms with Crippen LogP contribution in [0.3, 0.4) is 0 Å². The summed E-state index contributed by atoms with van der Waals surface area (Å²) in [5, 5.41) is 11.6. The number of nitrogens with one attached hydrogen (secondary N) is 1. The van der Waals surface area contributed by atoms with Crippen molar-refractivity contribution in [2.75, 3.05) is 6.54 Å². The Kier molecular flexibility index (Phi) is 3.97. The van der Waals surface area contributed by atoms with Gasteiger partial charge in [0.2, 0.25) is 0 Å². The number of carboxylic acid groups (broad SMARTS) is 1. The molecular formula is C14H15NO4. The summed E-state index contributed by atoms with van der Waals surface area (Å²) in [5.41, 5.74) is 1.37. The van der Waals surface area contributed by atoms with Crippen molar-refractivity contribution in [2.45, 2.75) is 18.6 Å². The second-order valence-electron chi connectivity index (χ2n) is 4.39. The van der Waals surface area contributed by atoms with Crippen LogP contribution in [0.1, 0.15) is 22.3 Å². The molecular weight excluding hydrogens is 246 g/mol. The lowest BCUT2D eigenvalue weighted by Gasteiger charge is -2.10. The zero-order valence-corrected chi connectivity index (χ0v) is 10.3. The average molecular weight is 261 g/mol. The molecule has 1 aromatic rings. The van der Waals surface area contributed by atoms with Crippen molar-refractivity contribution in [3.8, 4) is 0 Å². The van der Waals surface area contributed by atoms with Crippen LogP contribution in [0, 0.1) is 0 Å². The summed E-state index contributed by atoms with van der Waals surface area (Å²) in [4.78, 5) is 22.6. The van der Waals surface area contributed by atoms with Crippen LogP contribution >= 0.6 is 0 Å². The van der Waals surface area contributed by atoms with Crippen LogP contribution in [0.5, 0.6) is 0 Å². The largest absolute Gasteiger partial charge is 0.480 e. The minimum absolute atomic E-state index is 0.297. The smallest absolute Gasteiger partial charge is 0.338 e. The maximum Gasteiger partial charge on any atom is 0.338 e. The third-order valence-electron chi connectivity index (χ3n) is 3.04. The van der Waals surface area contributed by atoms with Crippen molar-refractivity contribution in [3.63, 3.8) is 0 Å². The summed E-state index contributed by atoms with van der Waals surface area (Å²) in [6.45, 7) is 4.00. The van der Waals surface area contributed by atoms with Gasteiger partial charge < -0.3 is 15.2 Å². The van der Waals surface area contributed by atoms with Gasteiger partial charge in [0.25, 0.3) is 0 Å². The molecule has 5 nitrogen and oxygen atoms in total. The Hall–Kier alpha value is -2.14. The predicted molar refractivity (Wildman–Crippen MR) is 69.8 cm³/mol. The summed E-state index contributed by atoms with van der Waals surface area (Å²) < 4.78 is 5.26. The maximum absolute atomic E-state index is 11.9. The number of hydrogen-bond donors (Lipinski definition) is 2. The molecule has 0 radical (unpaired) electrons. The first kappa shape index (κ1) is 13.3. The van der Waals surface area contributed by atoms with Crippen LogP contribution in [0.4, 0.5) is 0 Å². The Morgan fingerprint density at radius 3 is 2.58 bits per heavy atom. The standard InChI is InChI=1S/C14H15NO4/c1-2-9-3-5-10(6-4-9)14(18)19-11-7-12(13(16)17)15-8-11/h2-6,11-12,15H,1,7-8H2,(H,16,17)/t11-,12+/m1/s1. The minimum Gasteiger partial charge on any atom is -0.480 e. The monoisotopic (exact) mass is 261 g/mol. The summed E-state index contributed by atoms with van der Waals surface area (Å²) in [7, 11) is 0. The first-order valence-electron chi connectivity index (χ1n) is 6.00. The normalized spacial score (nSPS) is 21.9. The Balaban J connectivity index is 1.94. The number of carbonyl (C=O) groups is 2. The molecule has 0 bridgehead atoms. The number of carbonyl (C=O) groups excluding carboxylic acids is 1. The second kappa shape index (κ2) is 5.67. The SMILES string of the molecule is C=Cc1ccc(C(=O)O[C@H]2CN[C@H](C(=O)O)C2)cc1. The van der Waals surface area contributed by atoms with E-state index in [1.807, 2.05) is 0 Å². The van der Waals surface area contributed by atoms with Crippen molar-refractivity contribution in [1.82, 2.24) is 5.32 Å². The van der Waals surface area contributed by atoms with Crippen molar-refractivity contribution in [2.24, 2.45) is 0 Å². The highest BCUT2D eigenvalue weighted by atomic mass is 16.5. The van der Waals surface area contributed by atoms with Crippen molar-refractivity contribution in [3.05, 3.63) is 42.0 Å². The van der Waals surface area contributed by atoms with Crippen LogP contribution in [0.2, 0.25) is 0 Å². The molecule has 0 unspecified atom stereocenters. The quantitative estimate of drug-likeness (QED) is 0.799. The molecule has 100 valence electrons. The van der Waals surface area contributed by atoms with Gasteiger partial charge in [-0.05, 0) is 17.7 Å². The number of esters is 1. The molecule has 2 N–H and O–H groups in total. The van der Waals surface area contributed by atoms with Crippen LogP contribution in [-0.2, 0) is 9.53 Å². The van der Waals surface area contributed by atoms with Gasteiger partial charge in [0.05, 0.1) is 5.56 Å². The molecule has 1 saturated heterocycles. The number of rotatable bonds is 4. The highest BCUT2D eigenvalue weighted by Gasteiger charge is 2.31. The third kappa shape index (κ3) is 3.20. The van der Waals surface area contributed by atoms with E-state index < -0.39 is 24.1 Å². The molecule has 1 fully saturated rings. The minimum atomic E-state index is -0.922. The van der Waals surface area contributed by atoms with E-state index in [0.717, 1.165) is 5.56 Å². The van der Waals surface area contributed by atoms with Crippen LogP contribution in [0.25, 0.3) is 6.08 Å². The molecule has 0 spiro atoms. The molecule has 5 heteroatoms. The van der Waals surface area contributed by atoms with Crippen LogP contribution < -0.4 is 5.32 Å². The van der Waals surface area contributed by atoms with Gasteiger partial charge in [0, 0.05) is 13.0 Å². The fourth-order valence-corrected chi connectivity index (χ4v) is 1.96. The Labute approximate surface area is 110 Å². The predicted octanol–water partition coefficient (Wildman–Crippen LogP) is 1.30. The van der Waals surface area contributed by atoms with Gasteiger partial charge in [0.1, 0.15) is 12.1 Å². The Morgan fingerprint density at radius 2 is 2.05 bits per heavy atom. The van der Waals surface area contributed by atoms with Gasteiger partial charge >= 0.3 is 11.9 Å². The van der Waals surface area contributed by atoms with Gasteiger partial charge in [-0.15, -0.1) is 0 Å². The molecule has 0 aliphatic carbocycles. The molecule has 0 aromatic heterocycles. The van der Waals surface area contributed by atoms with Crippen LogP contribution in [0.15, 0.2) is 30.8 Å². The number of hydrogen-bond acceptors (Lipinski definition) is 4. The molecule has 1 aliphatic heterocycles. The highest BCUT2D eigenvalue weighted by Crippen LogP contribution is 2.14. The lowest BCUT2D eigenvalue weighted by Crippen LogP contribution is -2.30. The molecule has 1 heterocycles. The maximum atomic E-state index is 11.9. The van der Waals surface area contributed by atoms with E-state index in [1.54, 1.807) is 30.3 Å². The number of ether oxygens (including phenoxy) is 1. The van der Waals surface area contributed by atoms with Crippen LogP contribution in [-0.4, -0.2) is 35.7 Å². The first-order chi connectivity index (χ1) is 9.10. The van der Waals surface area contributed by atoms with E-state index in [2.05, 4.69) is 11.9 Å². The lowest BCUT2D eigenvalue weighted by molar-refractivity contribution is -0.139. The van der Waals surface area contributed by atoms with E-state index in [1.165, 1.54) is 0 Å². The molecule has 2 atom stereocenters. The fourth-order valence-electron chi connectivity index (χ4n) is 1.96. The topological polar surface area (TPSA) is 75.6 Å². The molecule has 19 heavy (non-hydrogen) atoms. The summed E-state index contributed by atoms with van der Waals surface area (Å²) in [5.74, 6) is -1.36. The average Bonchev–Trinajstić information content (AvgIpc) is 2.87. The van der Waals surface area contributed by atoms with E-state index in [-0.39, 0.29) is 0 Å². The van der Waals surface area contributed by atoms with Crippen molar-refractivity contribution >= 4 is 18.0 Å². The number of carboxylic acids is 1. The Bertz CT molecular complexity index is 495. The molecule has 1 aromatic carbocycles. The van der Waals surface area contributed by atoms with E-state index in [4.69, 9.17) is 9.84 Å². The Morgan fingerprint density at radius 1 is 1.37 bits per heavy atom. The number of benzene rings is 1. The fraction of sp³-hybridized carbons (Fsp3) is 0.286. The van der Waals surface area contributed by atoms with Gasteiger partial charge in [0.15, 0.2) is 0 Å². The highest BCUT2D eigenvalue weighted by molar-refractivity contribution is 5.89. The van der Waals surface area contributed by atoms with Crippen molar-refractivity contribution in [1.29, 1.82) is 0 Å². The van der Waals surface area contributed by atoms with Gasteiger partial charge in [-0.25, -0.2) is 4.79 Å². The number of aliphatic carboxylic acids is 1. The molecule has 1 aliphatic rings. The molecule has 2 rings (SSSR count). The zero-order chi connectivity index (χ0) is 13.8. The van der Waals surface area contributed by atoms with E-state index >= 15 is 0 Å². The lowest BCUT2D eigenvalue weighted by atomic mass is 10.1. The summed E-state index contributed by atoms with van der Waals surface area (Å²) in [6, 6.07) is 6.24. The second-order valence-corrected chi connectivity index (χ2v) is 4.39. The third-order valence-corrected chi connectivity index (χ3v) is 3.04. The van der Waals surface area contributed by atoms with Gasteiger partial charge in [-0.3, -0.25) is 4.79 Å². The first-order valence-corrected chi connectivity index (χ1v) is 6.00. The van der Waals surface area contributed by atoms with E-state index in [0.29, 0.717) is 18.5 Å². The summed E-state index contributed by atoms with van der Waals surface area (Å²) in [6.07, 6.45) is 1.59. The van der Waals surface area contributed by atoms with Gasteiger partial charge in [-0.2, -0.15) is 0 Å². The zero-order valence-electron chi connectivity index (χ0n) is 10.3. The van der Waals surface area contributed by atoms with Crippen molar-refractivity contribution < 1.29 is 19.4 Å². The van der Waals surface area contributed by atoms with Gasteiger partial charge in [-0.1, -0.05) is 24.8 Å². The van der Waals surface area contributed by atoms with E-state index in [9.17, 15) is 9.59 Å². The summed E-state index contributed by atoms with van der Waals surface area (Å²) >= 11 is 0. The molecule has 0 saturated carbocycles. The molecule has 0 amide bonds.